The number of imidazole rings is 1. The monoisotopic (exact) mass is 406 g/mol. The van der Waals surface area contributed by atoms with Gasteiger partial charge in [-0.2, -0.15) is 0 Å². The van der Waals surface area contributed by atoms with Gasteiger partial charge in [-0.3, -0.25) is 9.47 Å². The van der Waals surface area contributed by atoms with Crippen LogP contribution in [-0.2, 0) is 17.7 Å². The minimum Gasteiger partial charge on any atom is -0.379 e. The van der Waals surface area contributed by atoms with Gasteiger partial charge in [0.1, 0.15) is 0 Å². The Morgan fingerprint density at radius 1 is 1.00 bits per heavy atom. The Balaban J connectivity index is 1.42. The lowest BCUT2D eigenvalue weighted by atomic mass is 10.1. The van der Waals surface area contributed by atoms with Gasteiger partial charge in [-0.05, 0) is 36.1 Å². The first kappa shape index (κ1) is 19.1. The van der Waals surface area contributed by atoms with Gasteiger partial charge in [-0.1, -0.05) is 36.4 Å². The number of nitrogens with zero attached hydrogens (tertiary/aromatic N) is 3. The molecule has 1 aliphatic heterocycles. The molecular formula is C23H26N4O3. The summed E-state index contributed by atoms with van der Waals surface area (Å²) in [5, 5.41) is 3.09. The van der Waals surface area contributed by atoms with E-state index in [9.17, 15) is 9.59 Å². The Bertz CT molecular complexity index is 1130. The molecule has 1 atom stereocenters. The van der Waals surface area contributed by atoms with Crippen LogP contribution in [0.15, 0.2) is 53.3 Å². The van der Waals surface area contributed by atoms with Gasteiger partial charge >= 0.3 is 11.7 Å². The average molecular weight is 406 g/mol. The molecule has 0 radical (unpaired) electrons. The predicted octanol–water partition coefficient (Wildman–Crippen LogP) is 2.38. The summed E-state index contributed by atoms with van der Waals surface area (Å²) in [6.45, 7) is 4.49. The average Bonchev–Trinajstić information content (AvgIpc) is 3.31. The number of aromatic nitrogens is 2. The number of benzene rings is 2. The van der Waals surface area contributed by atoms with Crippen molar-refractivity contribution in [1.29, 1.82) is 0 Å². The van der Waals surface area contributed by atoms with Crippen LogP contribution in [0.1, 0.15) is 23.6 Å². The molecule has 1 fully saturated rings. The van der Waals surface area contributed by atoms with Crippen LogP contribution >= 0.6 is 0 Å². The van der Waals surface area contributed by atoms with E-state index in [4.69, 9.17) is 4.74 Å². The number of morpholine rings is 1. The van der Waals surface area contributed by atoms with Crippen LogP contribution in [0, 0.1) is 0 Å². The molecule has 7 heteroatoms. The number of ether oxygens (including phenoxy) is 1. The summed E-state index contributed by atoms with van der Waals surface area (Å²) < 4.78 is 8.40. The predicted molar refractivity (Wildman–Crippen MR) is 115 cm³/mol. The number of aryl methyl sites for hydroxylation is 1. The zero-order valence-corrected chi connectivity index (χ0v) is 16.9. The highest BCUT2D eigenvalue weighted by molar-refractivity contribution is 5.89. The summed E-state index contributed by atoms with van der Waals surface area (Å²) in [4.78, 5) is 28.7. The van der Waals surface area contributed by atoms with Gasteiger partial charge in [-0.15, -0.1) is 0 Å². The largest absolute Gasteiger partial charge is 0.379 e. The lowest BCUT2D eigenvalue weighted by molar-refractivity contribution is 0.0364. The third kappa shape index (κ3) is 3.44. The van der Waals surface area contributed by atoms with Gasteiger partial charge in [0.25, 0.3) is 0 Å². The molecule has 2 aliphatic rings. The minimum absolute atomic E-state index is 0.0592. The molecule has 5 rings (SSSR count). The van der Waals surface area contributed by atoms with Gasteiger partial charge in [0, 0.05) is 26.2 Å². The molecule has 1 saturated heterocycles. The van der Waals surface area contributed by atoms with E-state index in [1.165, 1.54) is 10.1 Å². The molecule has 1 aliphatic carbocycles. The SMILES string of the molecule is O=C(NC1CCc2ccccc21)n1c(=O)n(CCN2CCOCC2)c2ccccc21. The Kier molecular flexibility index (Phi) is 5.14. The molecule has 1 unspecified atom stereocenters. The summed E-state index contributed by atoms with van der Waals surface area (Å²) in [5.41, 5.74) is 3.57. The topological polar surface area (TPSA) is 68.5 Å². The second kappa shape index (κ2) is 8.08. The Morgan fingerprint density at radius 3 is 2.57 bits per heavy atom. The Morgan fingerprint density at radius 2 is 1.73 bits per heavy atom. The molecule has 2 aromatic carbocycles. The number of para-hydroxylation sites is 2. The second-order valence-corrected chi connectivity index (χ2v) is 7.95. The van der Waals surface area contributed by atoms with Crippen molar-refractivity contribution in [2.75, 3.05) is 32.8 Å². The summed E-state index contributed by atoms with van der Waals surface area (Å²) in [5.74, 6) is 0. The lowest BCUT2D eigenvalue weighted by Gasteiger charge is -2.26. The van der Waals surface area contributed by atoms with Gasteiger partial charge in [0.15, 0.2) is 0 Å². The van der Waals surface area contributed by atoms with E-state index in [0.717, 1.165) is 56.8 Å². The van der Waals surface area contributed by atoms with Crippen LogP contribution in [0.2, 0.25) is 0 Å². The normalized spacial score (nSPS) is 19.1. The standard InChI is InChI=1S/C23H26N4O3/c28-22(24-19-10-9-17-5-1-2-6-18(17)19)27-21-8-4-3-7-20(21)26(23(27)29)12-11-25-13-15-30-16-14-25/h1-8,19H,9-16H2,(H,24,28). The molecule has 156 valence electrons. The third-order valence-corrected chi connectivity index (χ3v) is 6.21. The first-order chi connectivity index (χ1) is 14.7. The van der Waals surface area contributed by atoms with Crippen molar-refractivity contribution in [3.8, 4) is 0 Å². The van der Waals surface area contributed by atoms with Crippen LogP contribution in [-0.4, -0.2) is 52.9 Å². The summed E-state index contributed by atoms with van der Waals surface area (Å²) in [7, 11) is 0. The molecule has 0 bridgehead atoms. The highest BCUT2D eigenvalue weighted by atomic mass is 16.5. The molecule has 3 aromatic rings. The number of hydrogen-bond acceptors (Lipinski definition) is 4. The van der Waals surface area contributed by atoms with E-state index in [-0.39, 0.29) is 17.8 Å². The zero-order valence-electron chi connectivity index (χ0n) is 16.9. The fourth-order valence-electron chi connectivity index (χ4n) is 4.61. The first-order valence-corrected chi connectivity index (χ1v) is 10.6. The van der Waals surface area contributed by atoms with E-state index >= 15 is 0 Å². The van der Waals surface area contributed by atoms with Crippen LogP contribution in [0.4, 0.5) is 4.79 Å². The molecule has 1 N–H and O–H groups in total. The zero-order chi connectivity index (χ0) is 20.5. The number of carbonyl (C=O) groups is 1. The lowest BCUT2D eigenvalue weighted by Crippen LogP contribution is -2.41. The number of nitrogens with one attached hydrogen (secondary N) is 1. The molecule has 0 spiro atoms. The maximum Gasteiger partial charge on any atom is 0.337 e. The maximum atomic E-state index is 13.2. The highest BCUT2D eigenvalue weighted by Crippen LogP contribution is 2.30. The summed E-state index contributed by atoms with van der Waals surface area (Å²) >= 11 is 0. The summed E-state index contributed by atoms with van der Waals surface area (Å²) in [6.07, 6.45) is 1.80. The number of rotatable bonds is 4. The van der Waals surface area contributed by atoms with Crippen LogP contribution in [0.25, 0.3) is 11.0 Å². The highest BCUT2D eigenvalue weighted by Gasteiger charge is 2.26. The molecule has 0 saturated carbocycles. The number of amides is 1. The van der Waals surface area contributed by atoms with Crippen LogP contribution in [0.5, 0.6) is 0 Å². The van der Waals surface area contributed by atoms with Gasteiger partial charge < -0.3 is 10.1 Å². The van der Waals surface area contributed by atoms with Crippen molar-refractivity contribution < 1.29 is 9.53 Å². The molecule has 7 nitrogen and oxygen atoms in total. The molecule has 1 amide bonds. The molecule has 30 heavy (non-hydrogen) atoms. The number of fused-ring (bicyclic) bond motifs is 2. The van der Waals surface area contributed by atoms with Crippen LogP contribution < -0.4 is 11.0 Å². The third-order valence-electron chi connectivity index (χ3n) is 6.21. The quantitative estimate of drug-likeness (QED) is 0.722. The van der Waals surface area contributed by atoms with E-state index in [1.54, 1.807) is 4.57 Å². The van der Waals surface area contributed by atoms with E-state index in [0.29, 0.717) is 12.1 Å². The van der Waals surface area contributed by atoms with Crippen molar-refractivity contribution in [1.82, 2.24) is 19.4 Å². The first-order valence-electron chi connectivity index (χ1n) is 10.6. The van der Waals surface area contributed by atoms with E-state index < -0.39 is 0 Å². The Hall–Kier alpha value is -2.90. The molecule has 1 aromatic heterocycles. The van der Waals surface area contributed by atoms with Crippen molar-refractivity contribution in [3.05, 3.63) is 70.1 Å². The molecule has 2 heterocycles. The second-order valence-electron chi connectivity index (χ2n) is 7.95. The summed E-state index contributed by atoms with van der Waals surface area (Å²) in [6, 6.07) is 15.3. The van der Waals surface area contributed by atoms with E-state index in [1.807, 2.05) is 36.4 Å². The molecular weight excluding hydrogens is 380 g/mol. The van der Waals surface area contributed by atoms with Gasteiger partial charge in [0.05, 0.1) is 30.3 Å². The van der Waals surface area contributed by atoms with E-state index in [2.05, 4.69) is 22.3 Å². The minimum atomic E-state index is -0.358. The number of carbonyl (C=O) groups excluding carboxylic acids is 1. The van der Waals surface area contributed by atoms with Crippen molar-refractivity contribution in [3.63, 3.8) is 0 Å². The van der Waals surface area contributed by atoms with Crippen molar-refractivity contribution in [2.45, 2.75) is 25.4 Å². The van der Waals surface area contributed by atoms with Gasteiger partial charge in [-0.25, -0.2) is 14.2 Å². The van der Waals surface area contributed by atoms with Crippen molar-refractivity contribution >= 4 is 17.1 Å². The smallest absolute Gasteiger partial charge is 0.337 e. The van der Waals surface area contributed by atoms with Crippen LogP contribution in [0.3, 0.4) is 0 Å². The van der Waals surface area contributed by atoms with Gasteiger partial charge in [0.2, 0.25) is 0 Å². The maximum absolute atomic E-state index is 13.2. The van der Waals surface area contributed by atoms with Crippen molar-refractivity contribution in [2.24, 2.45) is 0 Å². The fraction of sp³-hybridized carbons (Fsp3) is 0.391. The Labute approximate surface area is 174 Å². The number of hydrogen-bond donors (Lipinski definition) is 1. The fourth-order valence-corrected chi connectivity index (χ4v) is 4.61.